The van der Waals surface area contributed by atoms with Gasteiger partial charge in [-0.25, -0.2) is 0 Å². The fraction of sp³-hybridized carbons (Fsp3) is 0.889. The molecule has 13 heavy (non-hydrogen) atoms. The Kier molecular flexibility index (Phi) is 7.63. The van der Waals surface area contributed by atoms with Crippen LogP contribution in [0.1, 0.15) is 26.2 Å². The van der Waals surface area contributed by atoms with Crippen molar-refractivity contribution in [3.8, 4) is 0 Å². The highest BCUT2D eigenvalue weighted by Gasteiger charge is 2.12. The predicted molar refractivity (Wildman–Crippen MR) is 48.3 cm³/mol. The average Bonchev–Trinajstić information content (AvgIpc) is 2.14. The van der Waals surface area contributed by atoms with Gasteiger partial charge in [0.25, 0.3) is 0 Å². The average molecular weight is 190 g/mol. The molecule has 0 atom stereocenters. The van der Waals surface area contributed by atoms with Gasteiger partial charge in [-0.15, -0.1) is 0 Å². The number of hydrogen-bond acceptors (Lipinski definition) is 4. The van der Waals surface area contributed by atoms with Gasteiger partial charge in [-0.05, 0) is 6.42 Å². The first-order chi connectivity index (χ1) is 6.24. The third-order valence-electron chi connectivity index (χ3n) is 1.62. The summed E-state index contributed by atoms with van der Waals surface area (Å²) in [6, 6.07) is 0. The van der Waals surface area contributed by atoms with Crippen molar-refractivity contribution in [2.75, 3.05) is 20.8 Å². The van der Waals surface area contributed by atoms with Gasteiger partial charge in [0.05, 0.1) is 13.0 Å². The lowest BCUT2D eigenvalue weighted by Crippen LogP contribution is -2.19. The van der Waals surface area contributed by atoms with Gasteiger partial charge < -0.3 is 14.2 Å². The molecular formula is C9H18O4. The molecule has 0 heterocycles. The minimum Gasteiger partial charge on any atom is -0.466 e. The molecule has 0 aliphatic carbocycles. The lowest BCUT2D eigenvalue weighted by molar-refractivity contribution is -0.159. The topological polar surface area (TPSA) is 44.8 Å². The van der Waals surface area contributed by atoms with E-state index in [-0.39, 0.29) is 12.4 Å². The molecule has 0 bridgehead atoms. The second-order valence-electron chi connectivity index (χ2n) is 2.68. The molecule has 0 saturated heterocycles. The van der Waals surface area contributed by atoms with Gasteiger partial charge in [-0.3, -0.25) is 4.79 Å². The van der Waals surface area contributed by atoms with E-state index in [0.717, 1.165) is 12.8 Å². The number of methoxy groups -OCH3 is 2. The van der Waals surface area contributed by atoms with Crippen LogP contribution in [0.25, 0.3) is 0 Å². The van der Waals surface area contributed by atoms with Crippen molar-refractivity contribution in [3.05, 3.63) is 0 Å². The first-order valence-corrected chi connectivity index (χ1v) is 4.45. The first-order valence-electron chi connectivity index (χ1n) is 4.45. The van der Waals surface area contributed by atoms with Crippen LogP contribution in [0, 0.1) is 0 Å². The summed E-state index contributed by atoms with van der Waals surface area (Å²) in [7, 11) is 2.99. The zero-order chi connectivity index (χ0) is 10.1. The number of carbonyl (C=O) groups excluding carboxylic acids is 1. The zero-order valence-electron chi connectivity index (χ0n) is 8.54. The van der Waals surface area contributed by atoms with E-state index >= 15 is 0 Å². The lowest BCUT2D eigenvalue weighted by Gasteiger charge is -2.12. The summed E-state index contributed by atoms with van der Waals surface area (Å²) in [6.45, 7) is 2.52. The van der Waals surface area contributed by atoms with Gasteiger partial charge in [0.15, 0.2) is 6.29 Å². The molecule has 0 fully saturated rings. The SMILES string of the molecule is CCCCOC(=O)CC(OC)OC. The molecule has 4 heteroatoms. The highest BCUT2D eigenvalue weighted by atomic mass is 16.7. The quantitative estimate of drug-likeness (QED) is 0.345. The molecule has 0 aliphatic rings. The summed E-state index contributed by atoms with van der Waals surface area (Å²) in [5, 5.41) is 0. The van der Waals surface area contributed by atoms with Gasteiger partial charge in [0, 0.05) is 14.2 Å². The van der Waals surface area contributed by atoms with Crippen LogP contribution in [0.15, 0.2) is 0 Å². The van der Waals surface area contributed by atoms with Crippen LogP contribution in [0.4, 0.5) is 0 Å². The van der Waals surface area contributed by atoms with E-state index in [1.54, 1.807) is 0 Å². The summed E-state index contributed by atoms with van der Waals surface area (Å²) in [5.74, 6) is -0.276. The number of hydrogen-bond donors (Lipinski definition) is 0. The number of unbranched alkanes of at least 4 members (excludes halogenated alkanes) is 1. The van der Waals surface area contributed by atoms with Crippen LogP contribution in [0.5, 0.6) is 0 Å². The molecule has 0 spiro atoms. The predicted octanol–water partition coefficient (Wildman–Crippen LogP) is 1.34. The third kappa shape index (κ3) is 6.54. The Hall–Kier alpha value is -0.610. The van der Waals surface area contributed by atoms with Crippen molar-refractivity contribution in [1.29, 1.82) is 0 Å². The van der Waals surface area contributed by atoms with Crippen molar-refractivity contribution in [3.63, 3.8) is 0 Å². The molecule has 0 aromatic carbocycles. The molecule has 0 saturated carbocycles. The molecule has 0 rings (SSSR count). The summed E-state index contributed by atoms with van der Waals surface area (Å²) < 4.78 is 14.6. The van der Waals surface area contributed by atoms with E-state index in [9.17, 15) is 4.79 Å². The Balaban J connectivity index is 3.48. The normalized spacial score (nSPS) is 10.5. The van der Waals surface area contributed by atoms with Crippen molar-refractivity contribution in [1.82, 2.24) is 0 Å². The van der Waals surface area contributed by atoms with Crippen molar-refractivity contribution >= 4 is 5.97 Å². The van der Waals surface area contributed by atoms with E-state index in [2.05, 4.69) is 0 Å². The minimum atomic E-state index is -0.492. The Morgan fingerprint density at radius 1 is 1.31 bits per heavy atom. The third-order valence-corrected chi connectivity index (χ3v) is 1.62. The van der Waals surface area contributed by atoms with Crippen LogP contribution in [-0.2, 0) is 19.0 Å². The van der Waals surface area contributed by atoms with Crippen molar-refractivity contribution in [2.45, 2.75) is 32.5 Å². The maximum atomic E-state index is 11.1. The highest BCUT2D eigenvalue weighted by Crippen LogP contribution is 2.00. The molecule has 0 aliphatic heterocycles. The van der Waals surface area contributed by atoms with Crippen LogP contribution in [-0.4, -0.2) is 33.1 Å². The van der Waals surface area contributed by atoms with E-state index in [1.165, 1.54) is 14.2 Å². The van der Waals surface area contributed by atoms with Gasteiger partial charge in [0.1, 0.15) is 0 Å². The maximum Gasteiger partial charge on any atom is 0.310 e. The molecule has 0 aromatic heterocycles. The van der Waals surface area contributed by atoms with Crippen LogP contribution in [0.2, 0.25) is 0 Å². The fourth-order valence-corrected chi connectivity index (χ4v) is 0.788. The van der Waals surface area contributed by atoms with Gasteiger partial charge in [-0.1, -0.05) is 13.3 Å². The summed E-state index contributed by atoms with van der Waals surface area (Å²) >= 11 is 0. The number of carbonyl (C=O) groups is 1. The molecule has 0 unspecified atom stereocenters. The number of ether oxygens (including phenoxy) is 3. The van der Waals surface area contributed by atoms with E-state index in [1.807, 2.05) is 6.92 Å². The molecule has 0 aromatic rings. The molecular weight excluding hydrogens is 172 g/mol. The van der Waals surface area contributed by atoms with Crippen molar-refractivity contribution in [2.24, 2.45) is 0 Å². The Morgan fingerprint density at radius 3 is 2.38 bits per heavy atom. The first kappa shape index (κ1) is 12.4. The Morgan fingerprint density at radius 2 is 1.92 bits per heavy atom. The monoisotopic (exact) mass is 190 g/mol. The molecule has 78 valence electrons. The van der Waals surface area contributed by atoms with E-state index in [4.69, 9.17) is 14.2 Å². The molecule has 0 amide bonds. The lowest BCUT2D eigenvalue weighted by atomic mass is 10.3. The summed E-state index contributed by atoms with van der Waals surface area (Å²) in [6.07, 6.45) is 1.58. The van der Waals surface area contributed by atoms with Gasteiger partial charge in [0.2, 0.25) is 0 Å². The Labute approximate surface area is 79.2 Å². The molecule has 4 nitrogen and oxygen atoms in total. The Bertz CT molecular complexity index is 132. The second-order valence-corrected chi connectivity index (χ2v) is 2.68. The number of rotatable bonds is 7. The van der Waals surface area contributed by atoms with Crippen molar-refractivity contribution < 1.29 is 19.0 Å². The summed E-state index contributed by atoms with van der Waals surface area (Å²) in [4.78, 5) is 11.1. The maximum absolute atomic E-state index is 11.1. The smallest absolute Gasteiger partial charge is 0.310 e. The highest BCUT2D eigenvalue weighted by molar-refractivity contribution is 5.69. The second kappa shape index (κ2) is 8.01. The fourth-order valence-electron chi connectivity index (χ4n) is 0.788. The van der Waals surface area contributed by atoms with Crippen LogP contribution in [0.3, 0.4) is 0 Å². The van der Waals surface area contributed by atoms with Crippen LogP contribution < -0.4 is 0 Å². The molecule has 0 N–H and O–H groups in total. The van der Waals surface area contributed by atoms with Crippen LogP contribution >= 0.6 is 0 Å². The zero-order valence-corrected chi connectivity index (χ0v) is 8.54. The van der Waals surface area contributed by atoms with E-state index in [0.29, 0.717) is 6.61 Å². The number of esters is 1. The van der Waals surface area contributed by atoms with Gasteiger partial charge in [-0.2, -0.15) is 0 Å². The van der Waals surface area contributed by atoms with Gasteiger partial charge >= 0.3 is 5.97 Å². The van der Waals surface area contributed by atoms with E-state index < -0.39 is 6.29 Å². The largest absolute Gasteiger partial charge is 0.466 e. The minimum absolute atomic E-state index is 0.150. The molecule has 0 radical (unpaired) electrons. The summed E-state index contributed by atoms with van der Waals surface area (Å²) in [5.41, 5.74) is 0. The standard InChI is InChI=1S/C9H18O4/c1-4-5-6-13-8(10)7-9(11-2)12-3/h9H,4-7H2,1-3H3.